The van der Waals surface area contributed by atoms with Crippen LogP contribution in [-0.2, 0) is 6.18 Å². The van der Waals surface area contributed by atoms with Crippen molar-refractivity contribution in [1.29, 1.82) is 0 Å². The maximum atomic E-state index is 12.6. The summed E-state index contributed by atoms with van der Waals surface area (Å²) in [6.07, 6.45) is -4.63. The van der Waals surface area contributed by atoms with Crippen molar-refractivity contribution in [3.8, 4) is 11.1 Å². The topological polar surface area (TPSA) is 133 Å². The lowest BCUT2D eigenvalue weighted by Gasteiger charge is -2.13. The van der Waals surface area contributed by atoms with Gasteiger partial charge in [0.15, 0.2) is 0 Å². The number of alkyl halides is 3. The Morgan fingerprint density at radius 2 is 1.50 bits per heavy atom. The first-order valence-electron chi connectivity index (χ1n) is 6.24. The molecule has 0 aliphatic heterocycles. The van der Waals surface area contributed by atoms with Gasteiger partial charge >= 0.3 is 18.1 Å². The summed E-state index contributed by atoms with van der Waals surface area (Å²) < 4.78 is 37.8. The number of anilines is 1. The lowest BCUT2D eigenvalue weighted by Crippen LogP contribution is -2.24. The highest BCUT2D eigenvalue weighted by Gasteiger charge is 2.31. The number of halogens is 3. The van der Waals surface area contributed by atoms with Gasteiger partial charge in [-0.05, 0) is 17.7 Å². The predicted octanol–water partition coefficient (Wildman–Crippen LogP) is 2.04. The van der Waals surface area contributed by atoms with Crippen LogP contribution in [0.2, 0.25) is 0 Å². The standard InChI is InChI=1S/C14H9F3N2O5/c15-14(16,17)6-3-1-5(2-4-6)7-8(12(21)22)10(18)19-11(20)9(7)13(23)24/h1-4H,(H,21,22)(H,23,24)(H3,18,19,20). The van der Waals surface area contributed by atoms with Crippen molar-refractivity contribution < 1.29 is 33.0 Å². The van der Waals surface area contributed by atoms with Gasteiger partial charge in [0.25, 0.3) is 5.56 Å². The number of pyridine rings is 1. The summed E-state index contributed by atoms with van der Waals surface area (Å²) in [7, 11) is 0. The Hall–Kier alpha value is -3.30. The Morgan fingerprint density at radius 3 is 1.92 bits per heavy atom. The van der Waals surface area contributed by atoms with E-state index in [9.17, 15) is 32.7 Å². The summed E-state index contributed by atoms with van der Waals surface area (Å²) in [5.41, 5.74) is 0.828. The number of rotatable bonds is 3. The van der Waals surface area contributed by atoms with E-state index in [0.29, 0.717) is 12.1 Å². The largest absolute Gasteiger partial charge is 0.478 e. The average molecular weight is 342 g/mol. The lowest BCUT2D eigenvalue weighted by molar-refractivity contribution is -0.137. The summed E-state index contributed by atoms with van der Waals surface area (Å²) in [5, 5.41) is 18.4. The molecule has 0 saturated heterocycles. The number of carboxylic acid groups (broad SMARTS) is 2. The van der Waals surface area contributed by atoms with E-state index < -0.39 is 51.7 Å². The molecule has 2 rings (SSSR count). The van der Waals surface area contributed by atoms with E-state index in [4.69, 9.17) is 10.8 Å². The van der Waals surface area contributed by atoms with Crippen LogP contribution in [-0.4, -0.2) is 27.1 Å². The molecule has 0 atom stereocenters. The predicted molar refractivity (Wildman–Crippen MR) is 75.8 cm³/mol. The van der Waals surface area contributed by atoms with Gasteiger partial charge in [0.05, 0.1) is 5.56 Å². The van der Waals surface area contributed by atoms with Crippen LogP contribution >= 0.6 is 0 Å². The first-order chi connectivity index (χ1) is 11.0. The Bertz CT molecular complexity index is 885. The van der Waals surface area contributed by atoms with Crippen LogP contribution in [0.5, 0.6) is 0 Å². The second-order valence-electron chi connectivity index (χ2n) is 4.68. The molecule has 10 heteroatoms. The van der Waals surface area contributed by atoms with Crippen LogP contribution in [0, 0.1) is 0 Å². The van der Waals surface area contributed by atoms with Crippen LogP contribution in [0.3, 0.4) is 0 Å². The molecule has 5 N–H and O–H groups in total. The van der Waals surface area contributed by atoms with E-state index in [-0.39, 0.29) is 5.56 Å². The van der Waals surface area contributed by atoms with Gasteiger partial charge in [-0.3, -0.25) is 4.79 Å². The molecule has 0 fully saturated rings. The molecule has 24 heavy (non-hydrogen) atoms. The number of H-pyrrole nitrogens is 1. The van der Waals surface area contributed by atoms with E-state index in [2.05, 4.69) is 0 Å². The maximum absolute atomic E-state index is 12.6. The Labute approximate surface area is 131 Å². The van der Waals surface area contributed by atoms with Crippen molar-refractivity contribution in [2.24, 2.45) is 0 Å². The second-order valence-corrected chi connectivity index (χ2v) is 4.68. The number of carbonyl (C=O) groups is 2. The van der Waals surface area contributed by atoms with E-state index in [1.165, 1.54) is 0 Å². The minimum Gasteiger partial charge on any atom is -0.478 e. The van der Waals surface area contributed by atoms with Gasteiger partial charge in [0.1, 0.15) is 16.9 Å². The second kappa shape index (κ2) is 5.72. The van der Waals surface area contributed by atoms with E-state index in [1.807, 2.05) is 4.98 Å². The van der Waals surface area contributed by atoms with Crippen LogP contribution in [0.1, 0.15) is 26.3 Å². The summed E-state index contributed by atoms with van der Waals surface area (Å²) in [5.74, 6) is -3.98. The Balaban J connectivity index is 2.84. The van der Waals surface area contributed by atoms with Crippen molar-refractivity contribution in [3.05, 3.63) is 51.3 Å². The number of hydrogen-bond acceptors (Lipinski definition) is 4. The molecular formula is C14H9F3N2O5. The first kappa shape index (κ1) is 17.1. The van der Waals surface area contributed by atoms with Crippen molar-refractivity contribution in [1.82, 2.24) is 4.98 Å². The molecule has 0 unspecified atom stereocenters. The molecule has 0 radical (unpaired) electrons. The van der Waals surface area contributed by atoms with Crippen LogP contribution in [0.15, 0.2) is 29.1 Å². The van der Waals surface area contributed by atoms with Crippen LogP contribution < -0.4 is 11.3 Å². The highest BCUT2D eigenvalue weighted by Crippen LogP contribution is 2.33. The number of nitrogens with two attached hydrogens (primary N) is 1. The molecule has 0 spiro atoms. The van der Waals surface area contributed by atoms with Gasteiger partial charge in [0.2, 0.25) is 0 Å². The molecular weight excluding hydrogens is 333 g/mol. The van der Waals surface area contributed by atoms with E-state index in [0.717, 1.165) is 12.1 Å². The molecule has 0 aliphatic rings. The van der Waals surface area contributed by atoms with Gasteiger partial charge in [-0.2, -0.15) is 13.2 Å². The van der Waals surface area contributed by atoms with E-state index >= 15 is 0 Å². The molecule has 7 nitrogen and oxygen atoms in total. The number of hydrogen-bond donors (Lipinski definition) is 4. The number of aromatic amines is 1. The molecule has 0 bridgehead atoms. The van der Waals surface area contributed by atoms with Gasteiger partial charge in [0, 0.05) is 5.56 Å². The fourth-order valence-corrected chi connectivity index (χ4v) is 2.16. The molecule has 0 saturated carbocycles. The van der Waals surface area contributed by atoms with Crippen molar-refractivity contribution in [3.63, 3.8) is 0 Å². The average Bonchev–Trinajstić information content (AvgIpc) is 2.44. The maximum Gasteiger partial charge on any atom is 0.416 e. The fourth-order valence-electron chi connectivity index (χ4n) is 2.16. The summed E-state index contributed by atoms with van der Waals surface area (Å²) in [6.45, 7) is 0. The zero-order valence-corrected chi connectivity index (χ0v) is 11.6. The summed E-state index contributed by atoms with van der Waals surface area (Å²) >= 11 is 0. The summed E-state index contributed by atoms with van der Waals surface area (Å²) in [6, 6.07) is 3.03. The number of aromatic nitrogens is 1. The van der Waals surface area contributed by atoms with Crippen molar-refractivity contribution in [2.45, 2.75) is 6.18 Å². The quantitative estimate of drug-likeness (QED) is 0.674. The summed E-state index contributed by atoms with van der Waals surface area (Å²) in [4.78, 5) is 36.3. The van der Waals surface area contributed by atoms with Gasteiger partial charge < -0.3 is 20.9 Å². The van der Waals surface area contributed by atoms with Crippen LogP contribution in [0.4, 0.5) is 19.0 Å². The third-order valence-electron chi connectivity index (χ3n) is 3.17. The van der Waals surface area contributed by atoms with Crippen molar-refractivity contribution >= 4 is 17.8 Å². The minimum absolute atomic E-state index is 0.199. The molecule has 126 valence electrons. The zero-order chi connectivity index (χ0) is 18.2. The monoisotopic (exact) mass is 342 g/mol. The highest BCUT2D eigenvalue weighted by molar-refractivity contribution is 6.07. The molecule has 1 heterocycles. The molecule has 1 aromatic carbocycles. The smallest absolute Gasteiger partial charge is 0.416 e. The number of benzene rings is 1. The molecule has 1 aromatic heterocycles. The van der Waals surface area contributed by atoms with Crippen molar-refractivity contribution in [2.75, 3.05) is 5.73 Å². The minimum atomic E-state index is -4.63. The van der Waals surface area contributed by atoms with E-state index in [1.54, 1.807) is 0 Å². The number of carboxylic acids is 2. The van der Waals surface area contributed by atoms with Gasteiger partial charge in [-0.25, -0.2) is 9.59 Å². The molecule has 0 aliphatic carbocycles. The SMILES string of the molecule is Nc1[nH]c(=O)c(C(=O)O)c(-c2ccc(C(F)(F)F)cc2)c1C(=O)O. The van der Waals surface area contributed by atoms with Gasteiger partial charge in [-0.1, -0.05) is 12.1 Å². The number of nitrogens with one attached hydrogen (secondary N) is 1. The molecule has 0 amide bonds. The number of aromatic carboxylic acids is 2. The fraction of sp³-hybridized carbons (Fsp3) is 0.0714. The number of nitrogen functional groups attached to an aromatic ring is 1. The highest BCUT2D eigenvalue weighted by atomic mass is 19.4. The van der Waals surface area contributed by atoms with Crippen LogP contribution in [0.25, 0.3) is 11.1 Å². The third kappa shape index (κ3) is 2.93. The van der Waals surface area contributed by atoms with Gasteiger partial charge in [-0.15, -0.1) is 0 Å². The zero-order valence-electron chi connectivity index (χ0n) is 11.6. The first-order valence-corrected chi connectivity index (χ1v) is 6.24. The molecule has 2 aromatic rings. The Morgan fingerprint density at radius 1 is 1.00 bits per heavy atom. The Kier molecular flexibility index (Phi) is 4.07. The lowest BCUT2D eigenvalue weighted by atomic mass is 9.94. The third-order valence-corrected chi connectivity index (χ3v) is 3.17. The normalized spacial score (nSPS) is 11.3.